The highest BCUT2D eigenvalue weighted by Gasteiger charge is 2.40. The summed E-state index contributed by atoms with van der Waals surface area (Å²) >= 11 is 0. The molecule has 6 heteroatoms. The summed E-state index contributed by atoms with van der Waals surface area (Å²) < 4.78 is 37.8. The SMILES string of the molecule is Cc1cccc(C(=O)N2CC(S(=O)(=O)c3ccc(F)cc3)C2)c1. The van der Waals surface area contributed by atoms with Crippen LogP contribution in [0, 0.1) is 12.7 Å². The number of nitrogens with zero attached hydrogens (tertiary/aromatic N) is 1. The lowest BCUT2D eigenvalue weighted by atomic mass is 10.1. The van der Waals surface area contributed by atoms with Crippen molar-refractivity contribution in [2.75, 3.05) is 13.1 Å². The number of benzene rings is 2. The molecular formula is C17H16FNO3S. The number of hydrogen-bond donors (Lipinski definition) is 0. The molecule has 4 nitrogen and oxygen atoms in total. The van der Waals surface area contributed by atoms with Gasteiger partial charge >= 0.3 is 0 Å². The summed E-state index contributed by atoms with van der Waals surface area (Å²) in [5.41, 5.74) is 1.54. The van der Waals surface area contributed by atoms with Crippen molar-refractivity contribution in [3.05, 3.63) is 65.5 Å². The van der Waals surface area contributed by atoms with E-state index in [0.29, 0.717) is 5.56 Å². The second kappa shape index (κ2) is 5.77. The highest BCUT2D eigenvalue weighted by Crippen LogP contribution is 2.25. The third kappa shape index (κ3) is 2.99. The van der Waals surface area contributed by atoms with Crippen LogP contribution in [0.1, 0.15) is 15.9 Å². The maximum Gasteiger partial charge on any atom is 0.253 e. The van der Waals surface area contributed by atoms with Crippen LogP contribution in [-0.4, -0.2) is 37.6 Å². The van der Waals surface area contributed by atoms with Gasteiger partial charge in [0.05, 0.1) is 4.90 Å². The maximum atomic E-state index is 12.9. The Kier molecular flexibility index (Phi) is 3.93. The van der Waals surface area contributed by atoms with E-state index >= 15 is 0 Å². The molecule has 2 aromatic carbocycles. The predicted molar refractivity (Wildman–Crippen MR) is 84.5 cm³/mol. The Morgan fingerprint density at radius 2 is 1.78 bits per heavy atom. The van der Waals surface area contributed by atoms with Crippen molar-refractivity contribution in [2.24, 2.45) is 0 Å². The Morgan fingerprint density at radius 1 is 1.13 bits per heavy atom. The molecule has 1 aliphatic rings. The summed E-state index contributed by atoms with van der Waals surface area (Å²) in [5.74, 6) is -0.645. The van der Waals surface area contributed by atoms with Gasteiger partial charge in [-0.1, -0.05) is 17.7 Å². The van der Waals surface area contributed by atoms with Crippen LogP contribution in [0.4, 0.5) is 4.39 Å². The van der Waals surface area contributed by atoms with Crippen LogP contribution < -0.4 is 0 Å². The fourth-order valence-electron chi connectivity index (χ4n) is 2.58. The van der Waals surface area contributed by atoms with Crippen LogP contribution >= 0.6 is 0 Å². The lowest BCUT2D eigenvalue weighted by Gasteiger charge is -2.38. The molecule has 3 rings (SSSR count). The number of carbonyl (C=O) groups excluding carboxylic acids is 1. The van der Waals surface area contributed by atoms with Crippen LogP contribution in [0.15, 0.2) is 53.4 Å². The van der Waals surface area contributed by atoms with Gasteiger partial charge in [-0.25, -0.2) is 12.8 Å². The number of carbonyl (C=O) groups is 1. The van der Waals surface area contributed by atoms with Crippen LogP contribution in [0.25, 0.3) is 0 Å². The zero-order valence-electron chi connectivity index (χ0n) is 12.6. The minimum atomic E-state index is -3.54. The van der Waals surface area contributed by atoms with E-state index < -0.39 is 20.9 Å². The second-order valence-electron chi connectivity index (χ2n) is 5.70. The minimum Gasteiger partial charge on any atom is -0.336 e. The van der Waals surface area contributed by atoms with Gasteiger partial charge < -0.3 is 4.90 Å². The number of likely N-dealkylation sites (tertiary alicyclic amines) is 1. The number of rotatable bonds is 3. The number of halogens is 1. The standard InChI is InChI=1S/C17H16FNO3S/c1-12-3-2-4-13(9-12)17(20)19-10-16(11-19)23(21,22)15-7-5-14(18)6-8-15/h2-9,16H,10-11H2,1H3. The quantitative estimate of drug-likeness (QED) is 0.811. The Bertz CT molecular complexity index is 840. The van der Waals surface area contributed by atoms with Gasteiger partial charge in [0.1, 0.15) is 11.1 Å². The average Bonchev–Trinajstić information content (AvgIpc) is 2.45. The first-order valence-electron chi connectivity index (χ1n) is 7.23. The molecule has 0 aliphatic carbocycles. The summed E-state index contributed by atoms with van der Waals surface area (Å²) in [4.78, 5) is 13.9. The van der Waals surface area contributed by atoms with Crippen LogP contribution in [-0.2, 0) is 9.84 Å². The fraction of sp³-hybridized carbons (Fsp3) is 0.235. The highest BCUT2D eigenvalue weighted by atomic mass is 32.2. The molecule has 1 aliphatic heterocycles. The predicted octanol–water partition coefficient (Wildman–Crippen LogP) is 2.43. The molecule has 120 valence electrons. The average molecular weight is 333 g/mol. The lowest BCUT2D eigenvalue weighted by molar-refractivity contribution is 0.0659. The molecule has 0 radical (unpaired) electrons. The van der Waals surface area contributed by atoms with Gasteiger partial charge in [-0.05, 0) is 43.3 Å². The molecule has 23 heavy (non-hydrogen) atoms. The van der Waals surface area contributed by atoms with Crippen molar-refractivity contribution in [1.29, 1.82) is 0 Å². The fourth-order valence-corrected chi connectivity index (χ4v) is 4.23. The zero-order chi connectivity index (χ0) is 16.6. The van der Waals surface area contributed by atoms with Crippen molar-refractivity contribution in [3.63, 3.8) is 0 Å². The molecule has 0 unspecified atom stereocenters. The third-order valence-electron chi connectivity index (χ3n) is 3.98. The minimum absolute atomic E-state index is 0.0894. The van der Waals surface area contributed by atoms with Crippen LogP contribution in [0.2, 0.25) is 0 Å². The summed E-state index contributed by atoms with van der Waals surface area (Å²) in [7, 11) is -3.54. The molecule has 1 fully saturated rings. The first-order valence-corrected chi connectivity index (χ1v) is 8.78. The number of hydrogen-bond acceptors (Lipinski definition) is 3. The molecular weight excluding hydrogens is 317 g/mol. The van der Waals surface area contributed by atoms with Gasteiger partial charge in [-0.15, -0.1) is 0 Å². The Hall–Kier alpha value is -2.21. The van der Waals surface area contributed by atoms with Gasteiger partial charge in [0.25, 0.3) is 5.91 Å². The third-order valence-corrected chi connectivity index (χ3v) is 6.09. The number of aryl methyl sites for hydroxylation is 1. The highest BCUT2D eigenvalue weighted by molar-refractivity contribution is 7.92. The normalized spacial score (nSPS) is 15.3. The topological polar surface area (TPSA) is 54.5 Å². The van der Waals surface area contributed by atoms with Crippen molar-refractivity contribution in [2.45, 2.75) is 17.1 Å². The van der Waals surface area contributed by atoms with Crippen molar-refractivity contribution in [1.82, 2.24) is 4.90 Å². The number of sulfone groups is 1. The molecule has 0 aromatic heterocycles. The van der Waals surface area contributed by atoms with E-state index in [1.165, 1.54) is 17.0 Å². The summed E-state index contributed by atoms with van der Waals surface area (Å²) in [5, 5.41) is -0.637. The van der Waals surface area contributed by atoms with E-state index in [-0.39, 0.29) is 23.9 Å². The first kappa shape index (κ1) is 15.7. The molecule has 1 heterocycles. The Balaban J connectivity index is 1.71. The monoisotopic (exact) mass is 333 g/mol. The van der Waals surface area contributed by atoms with Crippen LogP contribution in [0.5, 0.6) is 0 Å². The van der Waals surface area contributed by atoms with E-state index in [1.54, 1.807) is 18.2 Å². The van der Waals surface area contributed by atoms with E-state index in [0.717, 1.165) is 17.7 Å². The van der Waals surface area contributed by atoms with E-state index in [4.69, 9.17) is 0 Å². The van der Waals surface area contributed by atoms with Gasteiger partial charge in [0, 0.05) is 18.7 Å². The van der Waals surface area contributed by atoms with Crippen molar-refractivity contribution in [3.8, 4) is 0 Å². The Morgan fingerprint density at radius 3 is 2.39 bits per heavy atom. The molecule has 0 saturated carbocycles. The summed E-state index contributed by atoms with van der Waals surface area (Å²) in [6.45, 7) is 2.22. The van der Waals surface area contributed by atoms with E-state index in [9.17, 15) is 17.6 Å². The first-order chi connectivity index (χ1) is 10.9. The largest absolute Gasteiger partial charge is 0.336 e. The van der Waals surface area contributed by atoms with Gasteiger partial charge in [0.2, 0.25) is 0 Å². The maximum absolute atomic E-state index is 12.9. The smallest absolute Gasteiger partial charge is 0.253 e. The van der Waals surface area contributed by atoms with Crippen molar-refractivity contribution < 1.29 is 17.6 Å². The van der Waals surface area contributed by atoms with Crippen molar-refractivity contribution >= 4 is 15.7 Å². The molecule has 0 N–H and O–H groups in total. The lowest BCUT2D eigenvalue weighted by Crippen LogP contribution is -2.56. The molecule has 0 atom stereocenters. The summed E-state index contributed by atoms with van der Waals surface area (Å²) in [6, 6.07) is 12.0. The second-order valence-corrected chi connectivity index (χ2v) is 7.93. The van der Waals surface area contributed by atoms with E-state index in [2.05, 4.69) is 0 Å². The van der Waals surface area contributed by atoms with E-state index in [1.807, 2.05) is 13.0 Å². The molecule has 1 amide bonds. The van der Waals surface area contributed by atoms with Gasteiger partial charge in [0.15, 0.2) is 9.84 Å². The molecule has 2 aromatic rings. The molecule has 0 spiro atoms. The van der Waals surface area contributed by atoms with Gasteiger partial charge in [-0.2, -0.15) is 0 Å². The summed E-state index contributed by atoms with van der Waals surface area (Å²) in [6.07, 6.45) is 0. The van der Waals surface area contributed by atoms with Gasteiger partial charge in [-0.3, -0.25) is 4.79 Å². The zero-order valence-corrected chi connectivity index (χ0v) is 13.4. The molecule has 1 saturated heterocycles. The van der Waals surface area contributed by atoms with Crippen LogP contribution in [0.3, 0.4) is 0 Å². The molecule has 0 bridgehead atoms. The number of amides is 1. The Labute approximate surface area is 134 Å².